The molecule has 2 nitrogen and oxygen atoms in total. The molecular formula is C24H41NO. The normalized spacial score (nSPS) is 19.2. The van der Waals surface area contributed by atoms with E-state index >= 15 is 0 Å². The largest absolute Gasteiger partial charge is 0.339 e. The van der Waals surface area contributed by atoms with Crippen LogP contribution in [0.25, 0.3) is 0 Å². The monoisotopic (exact) mass is 359 g/mol. The molecular weight excluding hydrogens is 318 g/mol. The number of nitrogens with zero attached hydrogens (tertiary/aromatic N) is 1. The van der Waals surface area contributed by atoms with Crippen LogP contribution in [-0.2, 0) is 4.79 Å². The summed E-state index contributed by atoms with van der Waals surface area (Å²) in [4.78, 5) is 14.7. The van der Waals surface area contributed by atoms with E-state index in [2.05, 4.69) is 33.4 Å². The van der Waals surface area contributed by atoms with Crippen LogP contribution in [0, 0.1) is 11.8 Å². The van der Waals surface area contributed by atoms with Gasteiger partial charge in [0.05, 0.1) is 0 Å². The minimum Gasteiger partial charge on any atom is -0.339 e. The van der Waals surface area contributed by atoms with Crippen LogP contribution in [0.3, 0.4) is 0 Å². The molecule has 148 valence electrons. The molecule has 2 heteroatoms. The minimum atomic E-state index is 0.168. The fourth-order valence-corrected chi connectivity index (χ4v) is 3.74. The van der Waals surface area contributed by atoms with Gasteiger partial charge in [0, 0.05) is 18.7 Å². The number of likely N-dealkylation sites (N-methyl/N-ethyl adjacent to an activating group) is 1. The quantitative estimate of drug-likeness (QED) is 0.349. The van der Waals surface area contributed by atoms with E-state index < -0.39 is 0 Å². The van der Waals surface area contributed by atoms with Crippen molar-refractivity contribution < 1.29 is 4.79 Å². The Balaban J connectivity index is 2.81. The molecule has 0 saturated heterocycles. The lowest BCUT2D eigenvalue weighted by molar-refractivity contribution is -0.127. The first-order valence-corrected chi connectivity index (χ1v) is 10.8. The zero-order valence-corrected chi connectivity index (χ0v) is 17.7. The Morgan fingerprint density at radius 1 is 1.08 bits per heavy atom. The zero-order valence-electron chi connectivity index (χ0n) is 17.7. The highest BCUT2D eigenvalue weighted by molar-refractivity contribution is 5.93. The molecule has 1 unspecified atom stereocenters. The first-order chi connectivity index (χ1) is 12.5. The van der Waals surface area contributed by atoms with Gasteiger partial charge in [0.15, 0.2) is 0 Å². The van der Waals surface area contributed by atoms with Crippen molar-refractivity contribution in [1.82, 2.24) is 4.90 Å². The zero-order chi connectivity index (χ0) is 19.4. The highest BCUT2D eigenvalue weighted by Gasteiger charge is 2.16. The van der Waals surface area contributed by atoms with Crippen LogP contribution in [0.2, 0.25) is 0 Å². The molecule has 1 fully saturated rings. The van der Waals surface area contributed by atoms with E-state index in [1.54, 1.807) is 0 Å². The van der Waals surface area contributed by atoms with Crippen molar-refractivity contribution in [2.45, 2.75) is 85.5 Å². The molecule has 1 aliphatic carbocycles. The molecule has 0 aromatic rings. The third-order valence-electron chi connectivity index (χ3n) is 5.82. The lowest BCUT2D eigenvalue weighted by Crippen LogP contribution is -2.35. The Labute approximate surface area is 162 Å². The molecule has 1 rings (SSSR count). The average molecular weight is 360 g/mol. The fraction of sp³-hybridized carbons (Fsp3) is 0.708. The van der Waals surface area contributed by atoms with E-state index in [0.717, 1.165) is 25.1 Å². The first-order valence-electron chi connectivity index (χ1n) is 10.8. The van der Waals surface area contributed by atoms with Gasteiger partial charge in [-0.3, -0.25) is 4.79 Å². The smallest absolute Gasteiger partial charge is 0.249 e. The number of carbonyl (C=O) groups excluding carboxylic acids is 1. The van der Waals surface area contributed by atoms with E-state index in [1.165, 1.54) is 56.9 Å². The van der Waals surface area contributed by atoms with Gasteiger partial charge in [-0.1, -0.05) is 83.6 Å². The predicted molar refractivity (Wildman–Crippen MR) is 114 cm³/mol. The molecule has 1 aliphatic rings. The lowest BCUT2D eigenvalue weighted by Gasteiger charge is -2.24. The van der Waals surface area contributed by atoms with Crippen LogP contribution in [0.15, 0.2) is 36.0 Å². The Kier molecular flexibility index (Phi) is 11.3. The predicted octanol–water partition coefficient (Wildman–Crippen LogP) is 6.69. The van der Waals surface area contributed by atoms with Gasteiger partial charge in [0.25, 0.3) is 0 Å². The van der Waals surface area contributed by atoms with E-state index in [4.69, 9.17) is 0 Å². The summed E-state index contributed by atoms with van der Waals surface area (Å²) >= 11 is 0. The number of rotatable bonds is 8. The second-order valence-electron chi connectivity index (χ2n) is 7.97. The van der Waals surface area contributed by atoms with Gasteiger partial charge < -0.3 is 4.90 Å². The second kappa shape index (κ2) is 12.9. The maximum absolute atomic E-state index is 12.8. The standard InChI is InChI=1S/C24H41NO/c1-6-20(4)19-25(8-3)24(26)21(5)17-18-22(7-2)23-15-13-11-9-10-12-14-16-23/h7,17-18,20,23H,2,6,8-16,19H2,1,3-5H3/b21-17+,22-18+. The maximum atomic E-state index is 12.8. The number of hydrogen-bond donors (Lipinski definition) is 0. The number of allylic oxidation sites excluding steroid dienone is 4. The molecule has 0 heterocycles. The van der Waals surface area contributed by atoms with Crippen molar-refractivity contribution in [3.8, 4) is 0 Å². The van der Waals surface area contributed by atoms with Crippen LogP contribution in [0.5, 0.6) is 0 Å². The van der Waals surface area contributed by atoms with Gasteiger partial charge in [0.1, 0.15) is 0 Å². The van der Waals surface area contributed by atoms with Crippen molar-refractivity contribution in [2.75, 3.05) is 13.1 Å². The second-order valence-corrected chi connectivity index (χ2v) is 7.97. The molecule has 0 bridgehead atoms. The van der Waals surface area contributed by atoms with E-state index in [1.807, 2.05) is 24.0 Å². The lowest BCUT2D eigenvalue weighted by atomic mass is 9.88. The van der Waals surface area contributed by atoms with Crippen molar-refractivity contribution in [3.63, 3.8) is 0 Å². The Morgan fingerprint density at radius 3 is 2.15 bits per heavy atom. The van der Waals surface area contributed by atoms with Crippen molar-refractivity contribution in [1.29, 1.82) is 0 Å². The van der Waals surface area contributed by atoms with Gasteiger partial charge >= 0.3 is 0 Å². The van der Waals surface area contributed by atoms with Gasteiger partial charge in [0.2, 0.25) is 5.91 Å². The highest BCUT2D eigenvalue weighted by Crippen LogP contribution is 2.28. The van der Waals surface area contributed by atoms with Crippen LogP contribution in [0.4, 0.5) is 0 Å². The van der Waals surface area contributed by atoms with Crippen molar-refractivity contribution >= 4 is 5.91 Å². The molecule has 1 saturated carbocycles. The maximum Gasteiger partial charge on any atom is 0.249 e. The third kappa shape index (κ3) is 7.93. The first kappa shape index (κ1) is 22.7. The molecule has 0 spiro atoms. The van der Waals surface area contributed by atoms with Gasteiger partial charge in [-0.15, -0.1) is 0 Å². The Bertz CT molecular complexity index is 478. The van der Waals surface area contributed by atoms with Crippen molar-refractivity contribution in [2.24, 2.45) is 11.8 Å². The van der Waals surface area contributed by atoms with E-state index in [9.17, 15) is 4.79 Å². The van der Waals surface area contributed by atoms with Gasteiger partial charge in [-0.25, -0.2) is 0 Å². The summed E-state index contributed by atoms with van der Waals surface area (Å²) in [6.07, 6.45) is 17.9. The third-order valence-corrected chi connectivity index (χ3v) is 5.82. The number of amides is 1. The fourth-order valence-electron chi connectivity index (χ4n) is 3.74. The summed E-state index contributed by atoms with van der Waals surface area (Å²) in [5.74, 6) is 1.32. The summed E-state index contributed by atoms with van der Waals surface area (Å²) < 4.78 is 0. The van der Waals surface area contributed by atoms with Crippen LogP contribution < -0.4 is 0 Å². The molecule has 26 heavy (non-hydrogen) atoms. The van der Waals surface area contributed by atoms with Crippen molar-refractivity contribution in [3.05, 3.63) is 36.0 Å². The molecule has 0 aliphatic heterocycles. The van der Waals surface area contributed by atoms with E-state index in [0.29, 0.717) is 11.8 Å². The molecule has 0 N–H and O–H groups in total. The number of hydrogen-bond acceptors (Lipinski definition) is 1. The summed E-state index contributed by atoms with van der Waals surface area (Å²) in [6, 6.07) is 0. The molecule has 0 aromatic carbocycles. The molecule has 1 amide bonds. The van der Waals surface area contributed by atoms with Gasteiger partial charge in [-0.2, -0.15) is 0 Å². The summed E-state index contributed by atoms with van der Waals surface area (Å²) in [5.41, 5.74) is 2.14. The van der Waals surface area contributed by atoms with Gasteiger partial charge in [-0.05, 0) is 44.1 Å². The molecule has 0 aromatic heterocycles. The van der Waals surface area contributed by atoms with Crippen LogP contribution >= 0.6 is 0 Å². The summed E-state index contributed by atoms with van der Waals surface area (Å²) in [7, 11) is 0. The minimum absolute atomic E-state index is 0.168. The highest BCUT2D eigenvalue weighted by atomic mass is 16.2. The average Bonchev–Trinajstić information content (AvgIpc) is 2.79. The molecule has 0 radical (unpaired) electrons. The summed E-state index contributed by atoms with van der Waals surface area (Å²) in [6.45, 7) is 14.1. The van der Waals surface area contributed by atoms with Crippen LogP contribution in [0.1, 0.15) is 85.5 Å². The Morgan fingerprint density at radius 2 is 1.65 bits per heavy atom. The molecule has 1 atom stereocenters. The Hall–Kier alpha value is -1.31. The van der Waals surface area contributed by atoms with Crippen LogP contribution in [-0.4, -0.2) is 23.9 Å². The topological polar surface area (TPSA) is 20.3 Å². The van der Waals surface area contributed by atoms with E-state index in [-0.39, 0.29) is 5.91 Å². The summed E-state index contributed by atoms with van der Waals surface area (Å²) in [5, 5.41) is 0. The SMILES string of the molecule is C=C/C(=C\C=C(/C)C(=O)N(CC)CC(C)CC)C1CCCCCCCC1. The number of carbonyl (C=O) groups is 1.